The summed E-state index contributed by atoms with van der Waals surface area (Å²) in [7, 11) is 1.66. The molecule has 2 aliphatic rings. The van der Waals surface area contributed by atoms with Crippen LogP contribution in [0.15, 0.2) is 97.1 Å². The number of piperidine rings is 1. The van der Waals surface area contributed by atoms with Gasteiger partial charge in [-0.2, -0.15) is 0 Å². The van der Waals surface area contributed by atoms with Crippen LogP contribution in [-0.2, 0) is 4.79 Å². The predicted octanol–water partition coefficient (Wildman–Crippen LogP) is 5.30. The summed E-state index contributed by atoms with van der Waals surface area (Å²) < 4.78 is 5.47. The molecule has 2 fully saturated rings. The van der Waals surface area contributed by atoms with Crippen molar-refractivity contribution in [3.8, 4) is 17.0 Å². The third-order valence-corrected chi connectivity index (χ3v) is 8.42. The summed E-state index contributed by atoms with van der Waals surface area (Å²) in [6, 6.07) is 33.5. The molecule has 1 aromatic heterocycles. The second kappa shape index (κ2) is 12.5. The van der Waals surface area contributed by atoms with Gasteiger partial charge in [-0.25, -0.2) is 0 Å². The minimum atomic E-state index is 0.0673. The van der Waals surface area contributed by atoms with E-state index in [-0.39, 0.29) is 12.0 Å². The Balaban J connectivity index is 1.04. The molecule has 0 bridgehead atoms. The summed E-state index contributed by atoms with van der Waals surface area (Å²) in [5.41, 5.74) is 4.31. The second-order valence-corrected chi connectivity index (χ2v) is 10.8. The second-order valence-electron chi connectivity index (χ2n) is 10.8. The Kier molecular flexibility index (Phi) is 8.23. The van der Waals surface area contributed by atoms with Crippen LogP contribution in [0.25, 0.3) is 11.3 Å². The molecule has 0 saturated carbocycles. The van der Waals surface area contributed by atoms with E-state index in [1.54, 1.807) is 7.11 Å². The Bertz CT molecular complexity index is 1380. The lowest BCUT2D eigenvalue weighted by atomic mass is 9.94. The highest BCUT2D eigenvalue weighted by molar-refractivity contribution is 5.79. The molecule has 3 aromatic carbocycles. The van der Waals surface area contributed by atoms with Crippen molar-refractivity contribution < 1.29 is 9.53 Å². The summed E-state index contributed by atoms with van der Waals surface area (Å²) in [5.74, 6) is 2.01. The fraction of sp³-hybridized carbons (Fsp3) is 0.324. The smallest absolute Gasteiger partial charge is 0.225 e. The van der Waals surface area contributed by atoms with Gasteiger partial charge in [0.1, 0.15) is 5.75 Å². The molecule has 2 saturated heterocycles. The maximum atomic E-state index is 13.5. The van der Waals surface area contributed by atoms with Crippen LogP contribution in [0.5, 0.6) is 5.75 Å². The van der Waals surface area contributed by atoms with Crippen molar-refractivity contribution in [2.45, 2.75) is 18.9 Å². The number of hydrogen-bond donors (Lipinski definition) is 0. The van der Waals surface area contributed by atoms with Crippen molar-refractivity contribution in [2.24, 2.45) is 5.92 Å². The molecule has 4 aromatic rings. The number of piperazine rings is 1. The fourth-order valence-electron chi connectivity index (χ4n) is 6.19. The minimum Gasteiger partial charge on any atom is -0.496 e. The van der Waals surface area contributed by atoms with Crippen LogP contribution in [0.3, 0.4) is 0 Å². The normalized spacial score (nSPS) is 16.6. The lowest BCUT2D eigenvalue weighted by Crippen LogP contribution is -2.52. The average molecular weight is 548 g/mol. The maximum Gasteiger partial charge on any atom is 0.225 e. The number of ether oxygens (including phenoxy) is 1. The Hall–Kier alpha value is -4.23. The molecule has 2 aliphatic heterocycles. The highest BCUT2D eigenvalue weighted by Crippen LogP contribution is 2.31. The van der Waals surface area contributed by atoms with Crippen molar-refractivity contribution in [1.29, 1.82) is 0 Å². The molecule has 3 heterocycles. The SMILES string of the molecule is COc1ccccc1-c1ccc(N2CCC(C(=O)N3CCN(C(c4ccccc4)c4ccccc4)CC3)CC2)nn1. The maximum absolute atomic E-state index is 13.5. The zero-order chi connectivity index (χ0) is 28.0. The Morgan fingerprint density at radius 2 is 1.34 bits per heavy atom. The first-order valence-electron chi connectivity index (χ1n) is 14.6. The zero-order valence-electron chi connectivity index (χ0n) is 23.6. The van der Waals surface area contributed by atoms with E-state index in [0.29, 0.717) is 5.91 Å². The molecule has 210 valence electrons. The topological polar surface area (TPSA) is 61.8 Å². The molecule has 7 heteroatoms. The number of nitrogens with zero attached hydrogens (tertiary/aromatic N) is 5. The summed E-state index contributed by atoms with van der Waals surface area (Å²) in [6.07, 6.45) is 1.68. The number of hydrogen-bond acceptors (Lipinski definition) is 6. The first-order valence-corrected chi connectivity index (χ1v) is 14.6. The van der Waals surface area contributed by atoms with E-state index in [9.17, 15) is 4.79 Å². The fourth-order valence-corrected chi connectivity index (χ4v) is 6.19. The summed E-state index contributed by atoms with van der Waals surface area (Å²) in [6.45, 7) is 4.89. The zero-order valence-corrected chi connectivity index (χ0v) is 23.6. The van der Waals surface area contributed by atoms with Gasteiger partial charge in [0, 0.05) is 50.7 Å². The summed E-state index contributed by atoms with van der Waals surface area (Å²) >= 11 is 0. The number of amides is 1. The van der Waals surface area contributed by atoms with Crippen LogP contribution in [-0.4, -0.2) is 72.3 Å². The summed E-state index contributed by atoms with van der Waals surface area (Å²) in [5, 5.41) is 8.98. The van der Waals surface area contributed by atoms with E-state index in [0.717, 1.165) is 74.9 Å². The third-order valence-electron chi connectivity index (χ3n) is 8.42. The van der Waals surface area contributed by atoms with Gasteiger partial charge in [-0.1, -0.05) is 72.8 Å². The molecule has 6 rings (SSSR count). The largest absolute Gasteiger partial charge is 0.496 e. The van der Waals surface area contributed by atoms with E-state index < -0.39 is 0 Å². The van der Waals surface area contributed by atoms with Gasteiger partial charge >= 0.3 is 0 Å². The van der Waals surface area contributed by atoms with E-state index >= 15 is 0 Å². The van der Waals surface area contributed by atoms with Gasteiger partial charge in [0.05, 0.1) is 18.8 Å². The van der Waals surface area contributed by atoms with E-state index in [2.05, 4.69) is 85.6 Å². The Labute approximate surface area is 242 Å². The van der Waals surface area contributed by atoms with Crippen molar-refractivity contribution >= 4 is 11.7 Å². The molecular weight excluding hydrogens is 510 g/mol. The molecule has 0 unspecified atom stereocenters. The van der Waals surface area contributed by atoms with Crippen LogP contribution in [0, 0.1) is 5.92 Å². The standard InChI is InChI=1S/C34H37N5O2/c1-41-31-15-9-8-14-29(31)30-16-17-32(36-35-30)37-20-18-28(19-21-37)34(40)39-24-22-38(23-25-39)33(26-10-4-2-5-11-26)27-12-6-3-7-13-27/h2-17,28,33H,18-25H2,1H3. The van der Waals surface area contributed by atoms with Gasteiger partial charge < -0.3 is 14.5 Å². The van der Waals surface area contributed by atoms with Gasteiger partial charge in [-0.15, -0.1) is 10.2 Å². The van der Waals surface area contributed by atoms with Crippen LogP contribution in [0.1, 0.15) is 30.0 Å². The lowest BCUT2D eigenvalue weighted by Gasteiger charge is -2.41. The molecule has 0 N–H and O–H groups in total. The van der Waals surface area contributed by atoms with Crippen LogP contribution < -0.4 is 9.64 Å². The van der Waals surface area contributed by atoms with E-state index in [4.69, 9.17) is 4.74 Å². The number of aromatic nitrogens is 2. The molecular formula is C34H37N5O2. The highest BCUT2D eigenvalue weighted by Gasteiger charge is 2.33. The molecule has 0 spiro atoms. The van der Waals surface area contributed by atoms with Crippen LogP contribution >= 0.6 is 0 Å². The highest BCUT2D eigenvalue weighted by atomic mass is 16.5. The molecule has 41 heavy (non-hydrogen) atoms. The van der Waals surface area contributed by atoms with Gasteiger partial charge in [0.15, 0.2) is 5.82 Å². The molecule has 1 amide bonds. The Morgan fingerprint density at radius 3 is 1.93 bits per heavy atom. The molecule has 0 radical (unpaired) electrons. The average Bonchev–Trinajstić information content (AvgIpc) is 3.06. The summed E-state index contributed by atoms with van der Waals surface area (Å²) in [4.78, 5) is 20.4. The van der Waals surface area contributed by atoms with Crippen molar-refractivity contribution in [1.82, 2.24) is 20.0 Å². The van der Waals surface area contributed by atoms with Crippen LogP contribution in [0.2, 0.25) is 0 Å². The van der Waals surface area contributed by atoms with Gasteiger partial charge in [-0.05, 0) is 48.2 Å². The third kappa shape index (κ3) is 5.95. The van der Waals surface area contributed by atoms with Gasteiger partial charge in [-0.3, -0.25) is 9.69 Å². The number of methoxy groups -OCH3 is 1. The van der Waals surface area contributed by atoms with Crippen molar-refractivity contribution in [3.05, 3.63) is 108 Å². The quantitative estimate of drug-likeness (QED) is 0.313. The number of carbonyl (C=O) groups is 1. The predicted molar refractivity (Wildman–Crippen MR) is 162 cm³/mol. The molecule has 0 aliphatic carbocycles. The van der Waals surface area contributed by atoms with Gasteiger partial charge in [0.2, 0.25) is 5.91 Å². The number of benzene rings is 3. The first kappa shape index (κ1) is 27.0. The molecule has 7 nitrogen and oxygen atoms in total. The van der Waals surface area contributed by atoms with Crippen molar-refractivity contribution in [2.75, 3.05) is 51.3 Å². The first-order chi connectivity index (χ1) is 20.2. The number of para-hydroxylation sites is 1. The van der Waals surface area contributed by atoms with Crippen molar-refractivity contribution in [3.63, 3.8) is 0 Å². The molecule has 0 atom stereocenters. The minimum absolute atomic E-state index is 0.0673. The van der Waals surface area contributed by atoms with Gasteiger partial charge in [0.25, 0.3) is 0 Å². The monoisotopic (exact) mass is 547 g/mol. The van der Waals surface area contributed by atoms with E-state index in [1.165, 1.54) is 11.1 Å². The Morgan fingerprint density at radius 1 is 0.732 bits per heavy atom. The van der Waals surface area contributed by atoms with E-state index in [1.807, 2.05) is 36.4 Å². The number of carbonyl (C=O) groups excluding carboxylic acids is 1. The lowest BCUT2D eigenvalue weighted by molar-refractivity contribution is -0.138. The van der Waals surface area contributed by atoms with Crippen LogP contribution in [0.4, 0.5) is 5.82 Å². The number of rotatable bonds is 7. The number of anilines is 1.